The lowest BCUT2D eigenvalue weighted by atomic mass is 10.2. The Morgan fingerprint density at radius 3 is 2.73 bits per heavy atom. The summed E-state index contributed by atoms with van der Waals surface area (Å²) in [6.45, 7) is 2.76. The van der Waals surface area contributed by atoms with E-state index < -0.39 is 5.97 Å². The van der Waals surface area contributed by atoms with Gasteiger partial charge < -0.3 is 19.9 Å². The first-order valence-electron chi connectivity index (χ1n) is 6.84. The van der Waals surface area contributed by atoms with Gasteiger partial charge in [0.25, 0.3) is 0 Å². The van der Waals surface area contributed by atoms with Gasteiger partial charge in [-0.1, -0.05) is 0 Å². The second kappa shape index (κ2) is 6.84. The molecule has 0 unspecified atom stereocenters. The zero-order valence-corrected chi connectivity index (χ0v) is 12.8. The number of aryl methyl sites for hydroxylation is 1. The molecule has 0 aliphatic rings. The van der Waals surface area contributed by atoms with Crippen molar-refractivity contribution in [1.82, 2.24) is 9.78 Å². The van der Waals surface area contributed by atoms with E-state index in [1.165, 1.54) is 10.9 Å². The van der Waals surface area contributed by atoms with E-state index >= 15 is 0 Å². The summed E-state index contributed by atoms with van der Waals surface area (Å²) in [5.74, 6) is 0.362. The van der Waals surface area contributed by atoms with Crippen LogP contribution in [0.2, 0.25) is 0 Å². The van der Waals surface area contributed by atoms with Crippen molar-refractivity contribution in [3.05, 3.63) is 35.7 Å². The van der Waals surface area contributed by atoms with Crippen molar-refractivity contribution in [3.63, 3.8) is 0 Å². The van der Waals surface area contributed by atoms with Gasteiger partial charge in [-0.25, -0.2) is 4.79 Å². The molecule has 7 heteroatoms. The molecule has 2 aromatic rings. The van der Waals surface area contributed by atoms with Crippen molar-refractivity contribution < 1.29 is 19.4 Å². The molecule has 1 heterocycles. The first-order valence-corrected chi connectivity index (χ1v) is 6.84. The average molecular weight is 305 g/mol. The third-order valence-corrected chi connectivity index (χ3v) is 3.31. The minimum atomic E-state index is -1.01. The Balaban J connectivity index is 2.20. The van der Waals surface area contributed by atoms with Crippen LogP contribution < -0.4 is 14.8 Å². The predicted octanol–water partition coefficient (Wildman–Crippen LogP) is 2.23. The van der Waals surface area contributed by atoms with Crippen LogP contribution in [0.25, 0.3) is 0 Å². The number of carbonyl (C=O) groups is 1. The normalized spacial score (nSPS) is 10.3. The molecule has 0 bridgehead atoms. The highest BCUT2D eigenvalue weighted by molar-refractivity contribution is 5.92. The molecule has 0 saturated heterocycles. The molecule has 0 aliphatic heterocycles. The van der Waals surface area contributed by atoms with Crippen molar-refractivity contribution in [2.24, 2.45) is 0 Å². The van der Waals surface area contributed by atoms with Gasteiger partial charge in [0.2, 0.25) is 0 Å². The predicted molar refractivity (Wildman–Crippen MR) is 81.7 cm³/mol. The molecule has 0 spiro atoms. The summed E-state index contributed by atoms with van der Waals surface area (Å²) in [4.78, 5) is 11.3. The summed E-state index contributed by atoms with van der Waals surface area (Å²) >= 11 is 0. The maximum atomic E-state index is 11.3. The maximum Gasteiger partial charge on any atom is 0.356 e. The van der Waals surface area contributed by atoms with Gasteiger partial charge in [-0.05, 0) is 19.1 Å². The van der Waals surface area contributed by atoms with E-state index in [2.05, 4.69) is 10.4 Å². The van der Waals surface area contributed by atoms with Crippen LogP contribution in [0.3, 0.4) is 0 Å². The SMILES string of the molecule is CCn1ncc(NCc2ccc(OC)cc2OC)c1C(=O)O. The maximum absolute atomic E-state index is 11.3. The Kier molecular flexibility index (Phi) is 4.88. The van der Waals surface area contributed by atoms with Gasteiger partial charge in [-0.2, -0.15) is 5.10 Å². The summed E-state index contributed by atoms with van der Waals surface area (Å²) in [5.41, 5.74) is 1.52. The monoisotopic (exact) mass is 305 g/mol. The minimum absolute atomic E-state index is 0.148. The van der Waals surface area contributed by atoms with Gasteiger partial charge in [-0.15, -0.1) is 0 Å². The van der Waals surface area contributed by atoms with Crippen LogP contribution in [-0.4, -0.2) is 35.1 Å². The van der Waals surface area contributed by atoms with Crippen LogP contribution in [0.15, 0.2) is 24.4 Å². The minimum Gasteiger partial charge on any atom is -0.497 e. The lowest BCUT2D eigenvalue weighted by Gasteiger charge is -2.12. The number of aromatic carboxylic acids is 1. The van der Waals surface area contributed by atoms with Crippen LogP contribution in [-0.2, 0) is 13.1 Å². The number of nitrogens with zero attached hydrogens (tertiary/aromatic N) is 2. The van der Waals surface area contributed by atoms with Gasteiger partial charge >= 0.3 is 5.97 Å². The smallest absolute Gasteiger partial charge is 0.356 e. The van der Waals surface area contributed by atoms with E-state index in [9.17, 15) is 9.90 Å². The lowest BCUT2D eigenvalue weighted by Crippen LogP contribution is -2.11. The van der Waals surface area contributed by atoms with Gasteiger partial charge in [0, 0.05) is 24.7 Å². The fourth-order valence-corrected chi connectivity index (χ4v) is 2.17. The standard InChI is InChI=1S/C15H19N3O4/c1-4-18-14(15(19)20)12(9-17-18)16-8-10-5-6-11(21-2)7-13(10)22-3/h5-7,9,16H,4,8H2,1-3H3,(H,19,20). The molecule has 0 amide bonds. The van der Waals surface area contributed by atoms with Crippen LogP contribution >= 0.6 is 0 Å². The zero-order chi connectivity index (χ0) is 16.1. The fraction of sp³-hybridized carbons (Fsp3) is 0.333. The number of carboxylic acid groups (broad SMARTS) is 1. The highest BCUT2D eigenvalue weighted by atomic mass is 16.5. The number of aromatic nitrogens is 2. The highest BCUT2D eigenvalue weighted by Gasteiger charge is 2.17. The van der Waals surface area contributed by atoms with E-state index in [1.807, 2.05) is 19.1 Å². The zero-order valence-electron chi connectivity index (χ0n) is 12.8. The molecule has 1 aromatic heterocycles. The highest BCUT2D eigenvalue weighted by Crippen LogP contribution is 2.26. The molecule has 0 radical (unpaired) electrons. The van der Waals surface area contributed by atoms with E-state index in [0.717, 1.165) is 5.56 Å². The van der Waals surface area contributed by atoms with Crippen LogP contribution in [0, 0.1) is 0 Å². The number of nitrogens with one attached hydrogen (secondary N) is 1. The number of ether oxygens (including phenoxy) is 2. The molecule has 0 aliphatic carbocycles. The fourth-order valence-electron chi connectivity index (χ4n) is 2.17. The Labute approximate surface area is 128 Å². The second-order valence-electron chi connectivity index (χ2n) is 4.56. The molecule has 2 N–H and O–H groups in total. The topological polar surface area (TPSA) is 85.6 Å². The summed E-state index contributed by atoms with van der Waals surface area (Å²) in [6, 6.07) is 5.48. The molecular weight excluding hydrogens is 286 g/mol. The molecule has 1 aromatic carbocycles. The number of anilines is 1. The first-order chi connectivity index (χ1) is 10.6. The van der Waals surface area contributed by atoms with Gasteiger partial charge in [0.15, 0.2) is 5.69 Å². The molecule has 22 heavy (non-hydrogen) atoms. The van der Waals surface area contributed by atoms with Gasteiger partial charge in [-0.3, -0.25) is 4.68 Å². The van der Waals surface area contributed by atoms with Crippen molar-refractivity contribution in [3.8, 4) is 11.5 Å². The first kappa shape index (κ1) is 15.7. The molecule has 118 valence electrons. The summed E-state index contributed by atoms with van der Waals surface area (Å²) < 4.78 is 11.9. The molecule has 0 atom stereocenters. The van der Waals surface area contributed by atoms with Gasteiger partial charge in [0.05, 0.1) is 26.1 Å². The Hall–Kier alpha value is -2.70. The third kappa shape index (κ3) is 3.13. The quantitative estimate of drug-likeness (QED) is 0.816. The molecule has 0 saturated carbocycles. The number of rotatable bonds is 7. The molecule has 0 fully saturated rings. The largest absolute Gasteiger partial charge is 0.497 e. The third-order valence-electron chi connectivity index (χ3n) is 3.31. The van der Waals surface area contributed by atoms with Crippen LogP contribution in [0.1, 0.15) is 23.0 Å². The van der Waals surface area contributed by atoms with Gasteiger partial charge in [0.1, 0.15) is 11.5 Å². The molecule has 7 nitrogen and oxygen atoms in total. The number of benzene rings is 1. The number of hydrogen-bond donors (Lipinski definition) is 2. The summed E-state index contributed by atoms with van der Waals surface area (Å²) in [5, 5.41) is 16.4. The van der Waals surface area contributed by atoms with Crippen LogP contribution in [0.4, 0.5) is 5.69 Å². The number of carboxylic acids is 1. The summed E-state index contributed by atoms with van der Waals surface area (Å²) in [7, 11) is 3.17. The van der Waals surface area contributed by atoms with E-state index in [1.54, 1.807) is 20.3 Å². The lowest BCUT2D eigenvalue weighted by molar-refractivity contribution is 0.0684. The summed E-state index contributed by atoms with van der Waals surface area (Å²) in [6.07, 6.45) is 1.52. The number of hydrogen-bond acceptors (Lipinski definition) is 5. The van der Waals surface area contributed by atoms with Crippen LogP contribution in [0.5, 0.6) is 11.5 Å². The van der Waals surface area contributed by atoms with E-state index in [-0.39, 0.29) is 5.69 Å². The molecular formula is C15H19N3O4. The Morgan fingerprint density at radius 1 is 1.36 bits per heavy atom. The van der Waals surface area contributed by atoms with E-state index in [4.69, 9.17) is 9.47 Å². The van der Waals surface area contributed by atoms with Crippen molar-refractivity contribution in [1.29, 1.82) is 0 Å². The van der Waals surface area contributed by atoms with E-state index in [0.29, 0.717) is 30.3 Å². The number of methoxy groups -OCH3 is 2. The molecule has 2 rings (SSSR count). The van der Waals surface area contributed by atoms with Crippen molar-refractivity contribution in [2.75, 3.05) is 19.5 Å². The van der Waals surface area contributed by atoms with Crippen molar-refractivity contribution in [2.45, 2.75) is 20.0 Å². The second-order valence-corrected chi connectivity index (χ2v) is 4.56. The average Bonchev–Trinajstić information content (AvgIpc) is 2.95. The Morgan fingerprint density at radius 2 is 2.14 bits per heavy atom. The Bertz CT molecular complexity index is 667. The van der Waals surface area contributed by atoms with Crippen molar-refractivity contribution >= 4 is 11.7 Å².